The van der Waals surface area contributed by atoms with Crippen molar-refractivity contribution in [1.29, 1.82) is 0 Å². The van der Waals surface area contributed by atoms with Crippen LogP contribution < -0.4 is 25.0 Å². The number of carbonyl (C=O) groups excluding carboxylic acids is 1. The Balaban J connectivity index is 1.87. The van der Waals surface area contributed by atoms with E-state index in [-0.39, 0.29) is 23.9 Å². The minimum atomic E-state index is -1.00. The molecule has 2 amide bonds. The zero-order valence-corrected chi connectivity index (χ0v) is 18.8. The largest absolute Gasteiger partial charge is 0.493 e. The molecule has 0 atom stereocenters. The van der Waals surface area contributed by atoms with Crippen molar-refractivity contribution in [2.75, 3.05) is 36.8 Å². The van der Waals surface area contributed by atoms with E-state index in [1.165, 1.54) is 32.4 Å². The number of benzene rings is 2. The lowest BCUT2D eigenvalue weighted by Crippen LogP contribution is -2.46. The number of anilines is 3. The van der Waals surface area contributed by atoms with E-state index in [4.69, 9.17) is 15.2 Å². The Hall–Kier alpha value is -3.88. The van der Waals surface area contributed by atoms with Gasteiger partial charge in [-0.05, 0) is 17.5 Å². The van der Waals surface area contributed by atoms with E-state index in [0.717, 1.165) is 28.5 Å². The highest BCUT2D eigenvalue weighted by Crippen LogP contribution is 2.44. The number of hydrogen-bond donors (Lipinski definition) is 1. The molecule has 4 rings (SSSR count). The van der Waals surface area contributed by atoms with Gasteiger partial charge >= 0.3 is 6.03 Å². The molecule has 33 heavy (non-hydrogen) atoms. The first-order chi connectivity index (χ1) is 15.8. The average molecular weight is 454 g/mol. The van der Waals surface area contributed by atoms with Crippen molar-refractivity contribution in [2.45, 2.75) is 19.9 Å². The molecule has 0 fully saturated rings. The number of halogens is 2. The van der Waals surface area contributed by atoms with Crippen molar-refractivity contribution in [2.24, 2.45) is 0 Å². The van der Waals surface area contributed by atoms with Gasteiger partial charge in [-0.2, -0.15) is 0 Å². The lowest BCUT2D eigenvalue weighted by atomic mass is 9.97. The number of hydrogen-bond acceptors (Lipinski definition) is 5. The lowest BCUT2D eigenvalue weighted by molar-refractivity contribution is 0.250. The fourth-order valence-corrected chi connectivity index (χ4v) is 4.04. The van der Waals surface area contributed by atoms with Crippen molar-refractivity contribution in [1.82, 2.24) is 4.98 Å². The first-order valence-electron chi connectivity index (χ1n) is 10.3. The molecule has 172 valence electrons. The summed E-state index contributed by atoms with van der Waals surface area (Å²) >= 11 is 0. The number of urea groups is 1. The maximum atomic E-state index is 15.1. The van der Waals surface area contributed by atoms with Crippen LogP contribution >= 0.6 is 0 Å². The Labute approximate surface area is 190 Å². The van der Waals surface area contributed by atoms with E-state index in [1.54, 1.807) is 0 Å². The molecule has 0 saturated carbocycles. The molecule has 1 aliphatic rings. The van der Waals surface area contributed by atoms with Crippen LogP contribution in [-0.2, 0) is 13.0 Å². The summed E-state index contributed by atoms with van der Waals surface area (Å²) in [6, 6.07) is 8.28. The second-order valence-corrected chi connectivity index (χ2v) is 7.63. The summed E-state index contributed by atoms with van der Waals surface area (Å²) < 4.78 is 40.3. The van der Waals surface area contributed by atoms with E-state index in [1.807, 2.05) is 24.3 Å². The summed E-state index contributed by atoms with van der Waals surface area (Å²) in [6.07, 6.45) is 2.40. The Morgan fingerprint density at radius 2 is 1.67 bits per heavy atom. The third kappa shape index (κ3) is 3.59. The number of nitrogens with zero attached hydrogens (tertiary/aromatic N) is 3. The van der Waals surface area contributed by atoms with Gasteiger partial charge in [0.25, 0.3) is 0 Å². The highest BCUT2D eigenvalue weighted by atomic mass is 19.1. The zero-order valence-electron chi connectivity index (χ0n) is 18.8. The van der Waals surface area contributed by atoms with E-state index >= 15 is 8.78 Å². The predicted molar refractivity (Wildman–Crippen MR) is 123 cm³/mol. The SMILES string of the molecule is CCc1ccc(-c2c(N)ncc3c2N(C)C(=O)N(c2c(F)c(OC)cc(OC)c2F)C3)cc1. The average Bonchev–Trinajstić information content (AvgIpc) is 2.82. The summed E-state index contributed by atoms with van der Waals surface area (Å²) in [4.78, 5) is 20.0. The quantitative estimate of drug-likeness (QED) is 0.601. The Bertz CT molecular complexity index is 1200. The molecule has 0 aliphatic carbocycles. The van der Waals surface area contributed by atoms with Gasteiger partial charge in [-0.3, -0.25) is 9.80 Å². The third-order valence-corrected chi connectivity index (χ3v) is 5.81. The summed E-state index contributed by atoms with van der Waals surface area (Å²) in [5, 5.41) is 0. The van der Waals surface area contributed by atoms with Crippen LogP contribution in [0.25, 0.3) is 11.1 Å². The normalized spacial score (nSPS) is 13.2. The molecule has 9 heteroatoms. The predicted octanol–water partition coefficient (Wildman–Crippen LogP) is 4.77. The summed E-state index contributed by atoms with van der Waals surface area (Å²) in [7, 11) is 4.04. The van der Waals surface area contributed by atoms with Crippen LogP contribution in [0.15, 0.2) is 36.5 Å². The summed E-state index contributed by atoms with van der Waals surface area (Å²) in [5.74, 6) is -2.22. The molecule has 2 N–H and O–H groups in total. The van der Waals surface area contributed by atoms with E-state index in [9.17, 15) is 4.79 Å². The summed E-state index contributed by atoms with van der Waals surface area (Å²) in [5.41, 5.74) is 9.33. The maximum Gasteiger partial charge on any atom is 0.329 e. The number of aromatic nitrogens is 1. The van der Waals surface area contributed by atoms with Crippen molar-refractivity contribution in [3.8, 4) is 22.6 Å². The summed E-state index contributed by atoms with van der Waals surface area (Å²) in [6.45, 7) is 1.94. The fraction of sp³-hybridized carbons (Fsp3) is 0.250. The van der Waals surface area contributed by atoms with E-state index < -0.39 is 23.4 Å². The molecule has 2 aromatic carbocycles. The molecule has 7 nitrogen and oxygen atoms in total. The fourth-order valence-electron chi connectivity index (χ4n) is 4.04. The van der Waals surface area contributed by atoms with Crippen LogP contribution in [0.4, 0.5) is 30.8 Å². The van der Waals surface area contributed by atoms with Crippen molar-refractivity contribution in [3.05, 3.63) is 59.3 Å². The van der Waals surface area contributed by atoms with Gasteiger partial charge in [0, 0.05) is 30.4 Å². The molecular formula is C24H24F2N4O3. The molecule has 1 aliphatic heterocycles. The third-order valence-electron chi connectivity index (χ3n) is 5.81. The van der Waals surface area contributed by atoms with Crippen LogP contribution in [0, 0.1) is 11.6 Å². The van der Waals surface area contributed by atoms with Crippen LogP contribution in [0.2, 0.25) is 0 Å². The monoisotopic (exact) mass is 454 g/mol. The van der Waals surface area contributed by atoms with Gasteiger partial charge in [0.05, 0.1) is 26.5 Å². The topological polar surface area (TPSA) is 80.9 Å². The van der Waals surface area contributed by atoms with Gasteiger partial charge in [-0.1, -0.05) is 31.2 Å². The second kappa shape index (κ2) is 8.57. The second-order valence-electron chi connectivity index (χ2n) is 7.63. The Morgan fingerprint density at radius 3 is 2.21 bits per heavy atom. The molecular weight excluding hydrogens is 430 g/mol. The van der Waals surface area contributed by atoms with Gasteiger partial charge in [-0.15, -0.1) is 0 Å². The standard InChI is InChI=1S/C24H24F2N4O3/c1-5-13-6-8-14(9-7-13)18-21-15(11-28-23(18)27)12-30(24(31)29(21)2)22-19(25)16(32-3)10-17(33-4)20(22)26/h6-11H,5,12H2,1-4H3,(H2,27,28). The zero-order chi connectivity index (χ0) is 23.9. The molecule has 2 heterocycles. The highest BCUT2D eigenvalue weighted by molar-refractivity contribution is 6.09. The number of ether oxygens (including phenoxy) is 2. The minimum absolute atomic E-state index is 0.115. The first-order valence-corrected chi connectivity index (χ1v) is 10.3. The number of aryl methyl sites for hydroxylation is 1. The van der Waals surface area contributed by atoms with Gasteiger partial charge in [0.2, 0.25) is 0 Å². The smallest absolute Gasteiger partial charge is 0.329 e. The van der Waals surface area contributed by atoms with Crippen molar-refractivity contribution < 1.29 is 23.0 Å². The van der Waals surface area contributed by atoms with E-state index in [0.29, 0.717) is 16.8 Å². The number of nitrogen functional groups attached to an aromatic ring is 1. The highest BCUT2D eigenvalue weighted by Gasteiger charge is 2.37. The number of fused-ring (bicyclic) bond motifs is 1. The number of carbonyl (C=O) groups is 1. The Morgan fingerprint density at radius 1 is 1.06 bits per heavy atom. The first kappa shape index (κ1) is 22.3. The molecule has 0 bridgehead atoms. The number of nitrogens with two attached hydrogens (primary N) is 1. The minimum Gasteiger partial charge on any atom is -0.493 e. The number of methoxy groups -OCH3 is 2. The number of pyridine rings is 1. The van der Waals surface area contributed by atoms with Crippen LogP contribution in [0.3, 0.4) is 0 Å². The number of amides is 2. The number of rotatable bonds is 5. The van der Waals surface area contributed by atoms with E-state index in [2.05, 4.69) is 11.9 Å². The van der Waals surface area contributed by atoms with Crippen LogP contribution in [0.1, 0.15) is 18.1 Å². The molecule has 0 saturated heterocycles. The van der Waals surface area contributed by atoms with Gasteiger partial charge in [0.15, 0.2) is 23.1 Å². The van der Waals surface area contributed by atoms with Gasteiger partial charge in [0.1, 0.15) is 11.5 Å². The van der Waals surface area contributed by atoms with Gasteiger partial charge in [-0.25, -0.2) is 18.6 Å². The molecule has 1 aromatic heterocycles. The lowest BCUT2D eigenvalue weighted by Gasteiger charge is -2.36. The molecule has 0 spiro atoms. The molecule has 3 aromatic rings. The van der Waals surface area contributed by atoms with Crippen molar-refractivity contribution >= 4 is 23.2 Å². The van der Waals surface area contributed by atoms with Crippen LogP contribution in [-0.4, -0.2) is 32.3 Å². The maximum absolute atomic E-state index is 15.1. The van der Waals surface area contributed by atoms with Gasteiger partial charge < -0.3 is 15.2 Å². The molecule has 0 radical (unpaired) electrons. The Kier molecular flexibility index (Phi) is 5.80. The van der Waals surface area contributed by atoms with Crippen molar-refractivity contribution in [3.63, 3.8) is 0 Å². The molecule has 0 unspecified atom stereocenters. The van der Waals surface area contributed by atoms with Crippen LogP contribution in [0.5, 0.6) is 11.5 Å².